The van der Waals surface area contributed by atoms with E-state index in [9.17, 15) is 13.2 Å². The summed E-state index contributed by atoms with van der Waals surface area (Å²) < 4.78 is 41.5. The van der Waals surface area contributed by atoms with E-state index in [1.54, 1.807) is 17.7 Å². The molecule has 19 heavy (non-hydrogen) atoms. The van der Waals surface area contributed by atoms with Gasteiger partial charge in [0.15, 0.2) is 11.6 Å². The number of aryl methyl sites for hydroxylation is 2. The fourth-order valence-electron chi connectivity index (χ4n) is 1.83. The van der Waals surface area contributed by atoms with E-state index in [0.29, 0.717) is 18.6 Å². The second-order valence-corrected chi connectivity index (χ2v) is 4.27. The fraction of sp³-hybridized carbons (Fsp3) is 0.308. The molecule has 0 radical (unpaired) electrons. The predicted octanol–water partition coefficient (Wildman–Crippen LogP) is 3.76. The minimum absolute atomic E-state index is 0.263. The maximum Gasteiger partial charge on any atom is 0.207 e. The number of imidazole rings is 1. The van der Waals surface area contributed by atoms with Crippen LogP contribution in [0.3, 0.4) is 0 Å². The molecule has 0 amide bonds. The van der Waals surface area contributed by atoms with Gasteiger partial charge in [0.2, 0.25) is 5.95 Å². The molecule has 0 atom stereocenters. The maximum absolute atomic E-state index is 13.6. The summed E-state index contributed by atoms with van der Waals surface area (Å²) in [6.07, 6.45) is 2.66. The highest BCUT2D eigenvalue weighted by Gasteiger charge is 2.13. The molecule has 2 rings (SSSR count). The summed E-state index contributed by atoms with van der Waals surface area (Å²) in [5, 5.41) is 2.62. The molecule has 0 bridgehead atoms. The highest BCUT2D eigenvalue weighted by molar-refractivity contribution is 5.55. The van der Waals surface area contributed by atoms with Crippen molar-refractivity contribution in [1.82, 2.24) is 9.55 Å². The van der Waals surface area contributed by atoms with E-state index in [0.717, 1.165) is 18.2 Å². The highest BCUT2D eigenvalue weighted by Crippen LogP contribution is 2.23. The first-order valence-corrected chi connectivity index (χ1v) is 5.96. The smallest absolute Gasteiger partial charge is 0.207 e. The van der Waals surface area contributed by atoms with Gasteiger partial charge in [-0.15, -0.1) is 0 Å². The average Bonchev–Trinajstić information content (AvgIpc) is 2.66. The molecule has 2 aromatic rings. The van der Waals surface area contributed by atoms with E-state index in [-0.39, 0.29) is 5.69 Å². The van der Waals surface area contributed by atoms with E-state index in [2.05, 4.69) is 10.3 Å². The normalized spacial score (nSPS) is 10.8. The van der Waals surface area contributed by atoms with Gasteiger partial charge in [0.25, 0.3) is 0 Å². The topological polar surface area (TPSA) is 29.9 Å². The van der Waals surface area contributed by atoms with Crippen LogP contribution in [0.4, 0.5) is 24.8 Å². The number of hydrogen-bond acceptors (Lipinski definition) is 2. The van der Waals surface area contributed by atoms with Gasteiger partial charge >= 0.3 is 0 Å². The third kappa shape index (κ3) is 2.89. The van der Waals surface area contributed by atoms with E-state index in [4.69, 9.17) is 0 Å². The summed E-state index contributed by atoms with van der Waals surface area (Å²) in [4.78, 5) is 4.17. The molecule has 0 fully saturated rings. The quantitative estimate of drug-likeness (QED) is 0.856. The van der Waals surface area contributed by atoms with Crippen LogP contribution in [0, 0.1) is 24.4 Å². The second-order valence-electron chi connectivity index (χ2n) is 4.27. The van der Waals surface area contributed by atoms with Gasteiger partial charge in [-0.05, 0) is 13.3 Å². The SMILES string of the molecule is CCCn1cc(C)nc1Nc1cc(F)cc(F)c1F. The Morgan fingerprint density at radius 1 is 1.26 bits per heavy atom. The van der Waals surface area contributed by atoms with Crippen LogP contribution >= 0.6 is 0 Å². The molecule has 6 heteroatoms. The van der Waals surface area contributed by atoms with Gasteiger partial charge < -0.3 is 9.88 Å². The number of rotatable bonds is 4. The minimum atomic E-state index is -1.23. The van der Waals surface area contributed by atoms with Crippen LogP contribution in [0.5, 0.6) is 0 Å². The van der Waals surface area contributed by atoms with Gasteiger partial charge in [-0.3, -0.25) is 0 Å². The van der Waals surface area contributed by atoms with Crippen molar-refractivity contribution >= 4 is 11.6 Å². The first kappa shape index (κ1) is 13.5. The molecule has 1 heterocycles. The van der Waals surface area contributed by atoms with Crippen LogP contribution in [0.2, 0.25) is 0 Å². The Morgan fingerprint density at radius 2 is 2.00 bits per heavy atom. The van der Waals surface area contributed by atoms with Crippen LogP contribution in [-0.2, 0) is 6.54 Å². The van der Waals surface area contributed by atoms with Gasteiger partial charge in [-0.1, -0.05) is 6.92 Å². The van der Waals surface area contributed by atoms with Crippen molar-refractivity contribution in [2.45, 2.75) is 26.8 Å². The largest absolute Gasteiger partial charge is 0.323 e. The van der Waals surface area contributed by atoms with Gasteiger partial charge in [0.1, 0.15) is 5.82 Å². The van der Waals surface area contributed by atoms with E-state index < -0.39 is 17.5 Å². The molecule has 0 aliphatic rings. The van der Waals surface area contributed by atoms with Crippen molar-refractivity contribution in [2.75, 3.05) is 5.32 Å². The standard InChI is InChI=1S/C13H14F3N3/c1-3-4-19-7-8(2)17-13(19)18-11-6-9(14)5-10(15)12(11)16/h5-7H,3-4H2,1-2H3,(H,17,18). The van der Waals surface area contributed by atoms with Crippen molar-refractivity contribution in [3.63, 3.8) is 0 Å². The van der Waals surface area contributed by atoms with E-state index in [1.165, 1.54) is 0 Å². The van der Waals surface area contributed by atoms with E-state index in [1.807, 2.05) is 6.92 Å². The average molecular weight is 269 g/mol. The summed E-state index contributed by atoms with van der Waals surface area (Å²) in [7, 11) is 0. The molecular formula is C13H14F3N3. The van der Waals surface area contributed by atoms with Crippen LogP contribution in [0.1, 0.15) is 19.0 Å². The third-order valence-corrected chi connectivity index (χ3v) is 2.60. The predicted molar refractivity (Wildman–Crippen MR) is 66.9 cm³/mol. The Bertz CT molecular complexity index is 593. The molecule has 102 valence electrons. The molecule has 0 saturated carbocycles. The zero-order valence-corrected chi connectivity index (χ0v) is 10.7. The fourth-order valence-corrected chi connectivity index (χ4v) is 1.83. The molecule has 0 saturated heterocycles. The number of aromatic nitrogens is 2. The third-order valence-electron chi connectivity index (χ3n) is 2.60. The molecule has 3 nitrogen and oxygen atoms in total. The number of benzene rings is 1. The number of nitrogens with zero attached hydrogens (tertiary/aromatic N) is 2. The Balaban J connectivity index is 2.35. The molecule has 1 N–H and O–H groups in total. The van der Waals surface area contributed by atoms with Crippen LogP contribution in [0.25, 0.3) is 0 Å². The molecule has 1 aromatic carbocycles. The van der Waals surface area contributed by atoms with E-state index >= 15 is 0 Å². The number of halogens is 3. The summed E-state index contributed by atoms with van der Waals surface area (Å²) >= 11 is 0. The molecule has 0 spiro atoms. The first-order chi connectivity index (χ1) is 9.01. The van der Waals surface area contributed by atoms with Crippen molar-refractivity contribution in [2.24, 2.45) is 0 Å². The Hall–Kier alpha value is -1.98. The minimum Gasteiger partial charge on any atom is -0.323 e. The lowest BCUT2D eigenvalue weighted by molar-refractivity contribution is 0.498. The lowest BCUT2D eigenvalue weighted by atomic mass is 10.3. The van der Waals surface area contributed by atoms with Gasteiger partial charge in [0.05, 0.1) is 11.4 Å². The lowest BCUT2D eigenvalue weighted by Gasteiger charge is -2.10. The van der Waals surface area contributed by atoms with Crippen molar-refractivity contribution in [3.05, 3.63) is 41.5 Å². The maximum atomic E-state index is 13.6. The van der Waals surface area contributed by atoms with Crippen LogP contribution < -0.4 is 5.32 Å². The Kier molecular flexibility index (Phi) is 3.78. The zero-order chi connectivity index (χ0) is 14.0. The van der Waals surface area contributed by atoms with Crippen molar-refractivity contribution in [3.8, 4) is 0 Å². The summed E-state index contributed by atoms with van der Waals surface area (Å²) in [5.74, 6) is -2.83. The monoisotopic (exact) mass is 269 g/mol. The Morgan fingerprint density at radius 3 is 2.68 bits per heavy atom. The van der Waals surface area contributed by atoms with Crippen molar-refractivity contribution in [1.29, 1.82) is 0 Å². The molecule has 0 unspecified atom stereocenters. The number of anilines is 2. The van der Waals surface area contributed by atoms with Gasteiger partial charge in [-0.25, -0.2) is 18.2 Å². The second kappa shape index (κ2) is 5.34. The summed E-state index contributed by atoms with van der Waals surface area (Å²) in [6, 6.07) is 1.41. The number of nitrogens with one attached hydrogen (secondary N) is 1. The van der Waals surface area contributed by atoms with Crippen molar-refractivity contribution < 1.29 is 13.2 Å². The zero-order valence-electron chi connectivity index (χ0n) is 10.7. The summed E-state index contributed by atoms with van der Waals surface area (Å²) in [5.41, 5.74) is 0.480. The first-order valence-electron chi connectivity index (χ1n) is 5.96. The number of hydrogen-bond donors (Lipinski definition) is 1. The van der Waals surface area contributed by atoms with Gasteiger partial charge in [0, 0.05) is 24.9 Å². The Labute approximate surface area is 109 Å². The molecular weight excluding hydrogens is 255 g/mol. The van der Waals surface area contributed by atoms with Gasteiger partial charge in [-0.2, -0.15) is 0 Å². The highest BCUT2D eigenvalue weighted by atomic mass is 19.2. The lowest BCUT2D eigenvalue weighted by Crippen LogP contribution is -2.05. The molecule has 0 aliphatic carbocycles. The van der Waals surface area contributed by atoms with Crippen LogP contribution in [0.15, 0.2) is 18.3 Å². The molecule has 0 aliphatic heterocycles. The van der Waals surface area contributed by atoms with Crippen LogP contribution in [-0.4, -0.2) is 9.55 Å². The molecule has 1 aromatic heterocycles. The summed E-state index contributed by atoms with van der Waals surface area (Å²) in [6.45, 7) is 4.46.